The summed E-state index contributed by atoms with van der Waals surface area (Å²) in [7, 11) is 0. The number of thiazole rings is 1. The topological polar surface area (TPSA) is 51.2 Å². The maximum atomic E-state index is 11.7. The molecule has 1 N–H and O–H groups in total. The van der Waals surface area contributed by atoms with Crippen LogP contribution in [0.4, 0.5) is 0 Å². The average molecular weight is 345 g/mol. The van der Waals surface area contributed by atoms with Crippen molar-refractivity contribution in [1.29, 1.82) is 0 Å². The van der Waals surface area contributed by atoms with Crippen LogP contribution in [0.3, 0.4) is 0 Å². The highest BCUT2D eigenvalue weighted by molar-refractivity contribution is 7.09. The summed E-state index contributed by atoms with van der Waals surface area (Å²) in [6, 6.07) is 4.87. The highest BCUT2D eigenvalue weighted by atomic mass is 35.5. The lowest BCUT2D eigenvalue weighted by molar-refractivity contribution is -0.123. The van der Waals surface area contributed by atoms with E-state index in [1.165, 1.54) is 4.88 Å². The van der Waals surface area contributed by atoms with E-state index in [0.717, 1.165) is 12.1 Å². The van der Waals surface area contributed by atoms with E-state index in [4.69, 9.17) is 27.9 Å². The highest BCUT2D eigenvalue weighted by Gasteiger charge is 2.07. The Hall–Kier alpha value is -1.30. The molecule has 4 nitrogen and oxygen atoms in total. The molecule has 112 valence electrons. The number of nitrogens with zero attached hydrogens (tertiary/aromatic N) is 1. The summed E-state index contributed by atoms with van der Waals surface area (Å²) in [6.45, 7) is 2.43. The Balaban J connectivity index is 1.73. The van der Waals surface area contributed by atoms with Crippen LogP contribution < -0.4 is 10.1 Å². The summed E-state index contributed by atoms with van der Waals surface area (Å²) in [5.41, 5.74) is 2.82. The fraction of sp³-hybridized carbons (Fsp3) is 0.286. The number of hydrogen-bond acceptors (Lipinski definition) is 4. The molecule has 0 saturated carbocycles. The van der Waals surface area contributed by atoms with Crippen molar-refractivity contribution >= 4 is 40.4 Å². The van der Waals surface area contributed by atoms with Crippen molar-refractivity contribution in [1.82, 2.24) is 10.3 Å². The number of carbonyl (C=O) groups is 1. The molecule has 0 aliphatic carbocycles. The van der Waals surface area contributed by atoms with Gasteiger partial charge in [0.2, 0.25) is 0 Å². The van der Waals surface area contributed by atoms with Crippen molar-refractivity contribution in [3.8, 4) is 5.75 Å². The first-order chi connectivity index (χ1) is 10.1. The fourth-order valence-corrected chi connectivity index (χ4v) is 2.91. The van der Waals surface area contributed by atoms with Gasteiger partial charge in [0.15, 0.2) is 6.61 Å². The van der Waals surface area contributed by atoms with E-state index >= 15 is 0 Å². The maximum absolute atomic E-state index is 11.7. The lowest BCUT2D eigenvalue weighted by Crippen LogP contribution is -2.30. The molecule has 21 heavy (non-hydrogen) atoms. The second-order valence-corrected chi connectivity index (χ2v) is 6.11. The third kappa shape index (κ3) is 4.88. The second-order valence-electron chi connectivity index (χ2n) is 4.32. The first-order valence-electron chi connectivity index (χ1n) is 6.30. The van der Waals surface area contributed by atoms with Crippen molar-refractivity contribution in [3.05, 3.63) is 44.3 Å². The third-order valence-electron chi connectivity index (χ3n) is 2.77. The Labute approximate surface area is 137 Å². The van der Waals surface area contributed by atoms with E-state index < -0.39 is 0 Å². The molecule has 0 fully saturated rings. The molecule has 0 saturated heterocycles. The number of halogens is 2. The van der Waals surface area contributed by atoms with Crippen LogP contribution in [0.15, 0.2) is 23.7 Å². The van der Waals surface area contributed by atoms with Crippen molar-refractivity contribution in [2.75, 3.05) is 13.2 Å². The standard InChI is InChI=1S/C14H14Cl2N2O2S/c1-9-13(21-8-18-9)4-5-17-14(19)7-20-12-3-2-10(15)6-11(12)16/h2-3,6,8H,4-5,7H2,1H3,(H,17,19). The van der Waals surface area contributed by atoms with E-state index in [1.807, 2.05) is 6.92 Å². The molecule has 0 atom stereocenters. The number of nitrogens with one attached hydrogen (secondary N) is 1. The maximum Gasteiger partial charge on any atom is 0.257 e. The molecule has 1 aromatic carbocycles. The number of rotatable bonds is 6. The number of aryl methyl sites for hydroxylation is 1. The minimum absolute atomic E-state index is 0.0803. The summed E-state index contributed by atoms with van der Waals surface area (Å²) < 4.78 is 5.35. The van der Waals surface area contributed by atoms with Gasteiger partial charge in [-0.1, -0.05) is 23.2 Å². The summed E-state index contributed by atoms with van der Waals surface area (Å²) >= 11 is 13.3. The van der Waals surface area contributed by atoms with Gasteiger partial charge in [0.05, 0.1) is 16.2 Å². The molecule has 0 aliphatic rings. The molecule has 0 unspecified atom stereocenters. The molecule has 2 rings (SSSR count). The average Bonchev–Trinajstić information content (AvgIpc) is 2.83. The normalized spacial score (nSPS) is 10.4. The van der Waals surface area contributed by atoms with Crippen molar-refractivity contribution in [2.45, 2.75) is 13.3 Å². The van der Waals surface area contributed by atoms with Gasteiger partial charge in [0, 0.05) is 22.9 Å². The van der Waals surface area contributed by atoms with E-state index in [2.05, 4.69) is 10.3 Å². The number of aromatic nitrogens is 1. The monoisotopic (exact) mass is 344 g/mol. The first-order valence-corrected chi connectivity index (χ1v) is 7.93. The zero-order valence-corrected chi connectivity index (χ0v) is 13.7. The predicted octanol–water partition coefficient (Wildman–Crippen LogP) is 3.50. The number of hydrogen-bond donors (Lipinski definition) is 1. The molecule has 0 radical (unpaired) electrons. The summed E-state index contributed by atoms with van der Waals surface area (Å²) in [4.78, 5) is 17.0. The van der Waals surface area contributed by atoms with E-state index in [-0.39, 0.29) is 12.5 Å². The van der Waals surface area contributed by atoms with Crippen LogP contribution in [0.2, 0.25) is 10.0 Å². The second kappa shape index (κ2) is 7.64. The van der Waals surface area contributed by atoms with E-state index in [0.29, 0.717) is 22.3 Å². The van der Waals surface area contributed by atoms with Crippen molar-refractivity contribution in [2.24, 2.45) is 0 Å². The quantitative estimate of drug-likeness (QED) is 0.872. The lowest BCUT2D eigenvalue weighted by atomic mass is 10.3. The zero-order chi connectivity index (χ0) is 15.2. The number of amides is 1. The SMILES string of the molecule is Cc1ncsc1CCNC(=O)COc1ccc(Cl)cc1Cl. The largest absolute Gasteiger partial charge is 0.482 e. The lowest BCUT2D eigenvalue weighted by Gasteiger charge is -2.08. The third-order valence-corrected chi connectivity index (χ3v) is 4.30. The molecule has 1 amide bonds. The van der Waals surface area contributed by atoms with Crippen molar-refractivity contribution < 1.29 is 9.53 Å². The van der Waals surface area contributed by atoms with Gasteiger partial charge in [-0.2, -0.15) is 0 Å². The van der Waals surface area contributed by atoms with Crippen LogP contribution in [-0.4, -0.2) is 24.0 Å². The van der Waals surface area contributed by atoms with Crippen molar-refractivity contribution in [3.63, 3.8) is 0 Å². The van der Waals surface area contributed by atoms with Gasteiger partial charge in [0.1, 0.15) is 5.75 Å². The Morgan fingerprint density at radius 1 is 1.43 bits per heavy atom. The Kier molecular flexibility index (Phi) is 5.85. The van der Waals surface area contributed by atoms with Gasteiger partial charge in [-0.15, -0.1) is 11.3 Å². The molecule has 0 spiro atoms. The molecule has 1 aromatic heterocycles. The van der Waals surface area contributed by atoms with Crippen LogP contribution in [0.5, 0.6) is 5.75 Å². The zero-order valence-electron chi connectivity index (χ0n) is 11.4. The summed E-state index contributed by atoms with van der Waals surface area (Å²) in [6.07, 6.45) is 0.768. The highest BCUT2D eigenvalue weighted by Crippen LogP contribution is 2.27. The molecule has 2 aromatic rings. The van der Waals surface area contributed by atoms with Gasteiger partial charge < -0.3 is 10.1 Å². The van der Waals surface area contributed by atoms with Gasteiger partial charge in [0.25, 0.3) is 5.91 Å². The van der Waals surface area contributed by atoms with Crippen LogP contribution in [0.1, 0.15) is 10.6 Å². The van der Waals surface area contributed by atoms with Crippen LogP contribution in [0.25, 0.3) is 0 Å². The molecule has 0 bridgehead atoms. The molecule has 7 heteroatoms. The molecular formula is C14H14Cl2N2O2S. The van der Waals surface area contributed by atoms with Gasteiger partial charge in [-0.25, -0.2) is 4.98 Å². The van der Waals surface area contributed by atoms with E-state index in [1.54, 1.807) is 35.0 Å². The van der Waals surface area contributed by atoms with Crippen LogP contribution in [0, 0.1) is 6.92 Å². The minimum Gasteiger partial charge on any atom is -0.482 e. The molecule has 1 heterocycles. The van der Waals surface area contributed by atoms with Crippen LogP contribution in [-0.2, 0) is 11.2 Å². The Morgan fingerprint density at radius 2 is 2.24 bits per heavy atom. The Bertz CT molecular complexity index is 631. The van der Waals surface area contributed by atoms with Gasteiger partial charge in [-0.05, 0) is 25.1 Å². The van der Waals surface area contributed by atoms with Crippen LogP contribution >= 0.6 is 34.5 Å². The Morgan fingerprint density at radius 3 is 2.90 bits per heavy atom. The predicted molar refractivity (Wildman–Crippen MR) is 85.5 cm³/mol. The smallest absolute Gasteiger partial charge is 0.257 e. The summed E-state index contributed by atoms with van der Waals surface area (Å²) in [5.74, 6) is 0.248. The summed E-state index contributed by atoms with van der Waals surface area (Å²) in [5, 5.41) is 3.70. The first kappa shape index (κ1) is 16.1. The molecule has 0 aliphatic heterocycles. The number of ether oxygens (including phenoxy) is 1. The minimum atomic E-state index is -0.191. The van der Waals surface area contributed by atoms with Gasteiger partial charge in [-0.3, -0.25) is 4.79 Å². The number of carbonyl (C=O) groups excluding carboxylic acids is 1. The van der Waals surface area contributed by atoms with E-state index in [9.17, 15) is 4.79 Å². The van der Waals surface area contributed by atoms with Gasteiger partial charge >= 0.3 is 0 Å². The number of benzene rings is 1. The molecular weight excluding hydrogens is 331 g/mol. The fourth-order valence-electron chi connectivity index (χ4n) is 1.67.